The number of aryl methyl sites for hydroxylation is 2. The molecule has 1 aromatic carbocycles. The topological polar surface area (TPSA) is 73.3 Å². The number of rotatable bonds is 5. The van der Waals surface area contributed by atoms with Crippen molar-refractivity contribution in [2.45, 2.75) is 32.1 Å². The number of carbonyl (C=O) groups excluding carboxylic acids is 1. The molecule has 0 aliphatic heterocycles. The van der Waals surface area contributed by atoms with E-state index in [-0.39, 0.29) is 12.3 Å². The summed E-state index contributed by atoms with van der Waals surface area (Å²) in [5.41, 5.74) is 2.16. The first-order valence-electron chi connectivity index (χ1n) is 8.95. The third-order valence-corrected chi connectivity index (χ3v) is 6.02. The molecular weight excluding hydrogens is 362 g/mol. The minimum Gasteiger partial charge on any atom is -0.493 e. The van der Waals surface area contributed by atoms with Gasteiger partial charge in [-0.25, -0.2) is 9.97 Å². The molecule has 0 unspecified atom stereocenters. The summed E-state index contributed by atoms with van der Waals surface area (Å²) in [6.07, 6.45) is 6.27. The number of nitrogens with one attached hydrogen (secondary N) is 1. The average Bonchev–Trinajstić information content (AvgIpc) is 3.07. The Kier molecular flexibility index (Phi) is 4.94. The molecule has 2 heterocycles. The normalized spacial score (nSPS) is 13.3. The molecular formula is C20H21N3O3S. The molecule has 140 valence electrons. The van der Waals surface area contributed by atoms with Crippen LogP contribution >= 0.6 is 11.3 Å². The summed E-state index contributed by atoms with van der Waals surface area (Å²) in [7, 11) is 3.17. The quantitative estimate of drug-likeness (QED) is 0.726. The third kappa shape index (κ3) is 3.47. The van der Waals surface area contributed by atoms with Crippen LogP contribution in [0, 0.1) is 0 Å². The molecule has 7 heteroatoms. The predicted octanol–water partition coefficient (Wildman–Crippen LogP) is 3.77. The Balaban J connectivity index is 1.57. The summed E-state index contributed by atoms with van der Waals surface area (Å²) in [5.74, 6) is 1.76. The van der Waals surface area contributed by atoms with Gasteiger partial charge in [-0.3, -0.25) is 4.79 Å². The molecule has 0 spiro atoms. The van der Waals surface area contributed by atoms with E-state index in [4.69, 9.17) is 9.47 Å². The maximum absolute atomic E-state index is 12.6. The summed E-state index contributed by atoms with van der Waals surface area (Å²) in [6.45, 7) is 0. The second-order valence-corrected chi connectivity index (χ2v) is 7.61. The summed E-state index contributed by atoms with van der Waals surface area (Å²) in [5, 5.41) is 3.99. The van der Waals surface area contributed by atoms with Gasteiger partial charge < -0.3 is 14.8 Å². The molecule has 3 aromatic rings. The number of fused-ring (bicyclic) bond motifs is 3. The zero-order chi connectivity index (χ0) is 18.8. The number of nitrogens with zero attached hydrogens (tertiary/aromatic N) is 2. The lowest BCUT2D eigenvalue weighted by Gasteiger charge is -2.12. The highest BCUT2D eigenvalue weighted by molar-refractivity contribution is 7.19. The number of benzene rings is 1. The van der Waals surface area contributed by atoms with Crippen LogP contribution in [-0.4, -0.2) is 30.1 Å². The Morgan fingerprint density at radius 2 is 1.96 bits per heavy atom. The molecule has 1 aliphatic carbocycles. The van der Waals surface area contributed by atoms with E-state index in [1.807, 2.05) is 12.1 Å². The van der Waals surface area contributed by atoms with Crippen molar-refractivity contribution in [2.24, 2.45) is 0 Å². The van der Waals surface area contributed by atoms with Gasteiger partial charge in [-0.15, -0.1) is 11.3 Å². The van der Waals surface area contributed by atoms with Crippen molar-refractivity contribution in [3.05, 3.63) is 40.5 Å². The number of methoxy groups -OCH3 is 2. The van der Waals surface area contributed by atoms with E-state index >= 15 is 0 Å². The Bertz CT molecular complexity index is 1000. The van der Waals surface area contributed by atoms with E-state index < -0.39 is 0 Å². The number of hydrogen-bond donors (Lipinski definition) is 1. The molecule has 4 rings (SSSR count). The molecule has 1 amide bonds. The van der Waals surface area contributed by atoms with Crippen molar-refractivity contribution in [2.75, 3.05) is 19.5 Å². The number of ether oxygens (including phenoxy) is 2. The first-order chi connectivity index (χ1) is 13.2. The van der Waals surface area contributed by atoms with Gasteiger partial charge in [0.2, 0.25) is 5.91 Å². The number of carbonyl (C=O) groups is 1. The van der Waals surface area contributed by atoms with Crippen LogP contribution in [0.2, 0.25) is 0 Å². The van der Waals surface area contributed by atoms with Crippen LogP contribution in [0.1, 0.15) is 28.8 Å². The van der Waals surface area contributed by atoms with Crippen LogP contribution in [-0.2, 0) is 24.1 Å². The molecule has 0 fully saturated rings. The summed E-state index contributed by atoms with van der Waals surface area (Å²) in [6, 6.07) is 5.49. The summed E-state index contributed by atoms with van der Waals surface area (Å²) >= 11 is 1.72. The van der Waals surface area contributed by atoms with Crippen LogP contribution in [0.5, 0.6) is 11.5 Å². The van der Waals surface area contributed by atoms with Gasteiger partial charge in [-0.1, -0.05) is 6.07 Å². The number of aromatic nitrogens is 2. The molecule has 0 radical (unpaired) electrons. The van der Waals surface area contributed by atoms with Gasteiger partial charge >= 0.3 is 0 Å². The molecule has 6 nitrogen and oxygen atoms in total. The molecule has 27 heavy (non-hydrogen) atoms. The van der Waals surface area contributed by atoms with Crippen molar-refractivity contribution >= 4 is 33.3 Å². The maximum Gasteiger partial charge on any atom is 0.229 e. The zero-order valence-electron chi connectivity index (χ0n) is 15.4. The van der Waals surface area contributed by atoms with Crippen molar-refractivity contribution in [3.8, 4) is 11.5 Å². The SMILES string of the molecule is COc1ccc(CC(=O)Nc2ncnc3sc4c(c23)CCCC4)cc1OC. The number of thiophene rings is 1. The van der Waals surface area contributed by atoms with Crippen molar-refractivity contribution in [3.63, 3.8) is 0 Å². The van der Waals surface area contributed by atoms with Gasteiger partial charge in [-0.05, 0) is 48.9 Å². The monoisotopic (exact) mass is 383 g/mol. The molecule has 0 saturated heterocycles. The zero-order valence-corrected chi connectivity index (χ0v) is 16.2. The van der Waals surface area contributed by atoms with Crippen LogP contribution < -0.4 is 14.8 Å². The molecule has 1 aliphatic rings. The molecule has 0 bridgehead atoms. The molecule has 0 atom stereocenters. The Morgan fingerprint density at radius 3 is 2.78 bits per heavy atom. The number of amides is 1. The summed E-state index contributed by atoms with van der Waals surface area (Å²) < 4.78 is 10.6. The third-order valence-electron chi connectivity index (χ3n) is 4.82. The van der Waals surface area contributed by atoms with E-state index in [2.05, 4.69) is 15.3 Å². The lowest BCUT2D eigenvalue weighted by atomic mass is 9.97. The van der Waals surface area contributed by atoms with Crippen LogP contribution in [0.3, 0.4) is 0 Å². The van der Waals surface area contributed by atoms with E-state index in [0.717, 1.165) is 28.6 Å². The first-order valence-corrected chi connectivity index (χ1v) is 9.77. The van der Waals surface area contributed by atoms with E-state index in [9.17, 15) is 4.79 Å². The smallest absolute Gasteiger partial charge is 0.229 e. The Labute approximate surface area is 161 Å². The van der Waals surface area contributed by atoms with Gasteiger partial charge in [0.15, 0.2) is 11.5 Å². The minimum absolute atomic E-state index is 0.113. The summed E-state index contributed by atoms with van der Waals surface area (Å²) in [4.78, 5) is 23.7. The van der Waals surface area contributed by atoms with Gasteiger partial charge in [-0.2, -0.15) is 0 Å². The van der Waals surface area contributed by atoms with Crippen molar-refractivity contribution < 1.29 is 14.3 Å². The Morgan fingerprint density at radius 1 is 1.15 bits per heavy atom. The molecule has 2 aromatic heterocycles. The molecule has 1 N–H and O–H groups in total. The van der Waals surface area contributed by atoms with E-state index in [1.165, 1.54) is 29.6 Å². The van der Waals surface area contributed by atoms with Crippen LogP contribution in [0.4, 0.5) is 5.82 Å². The average molecular weight is 383 g/mol. The fourth-order valence-electron chi connectivity index (χ4n) is 3.54. The number of anilines is 1. The fraction of sp³-hybridized carbons (Fsp3) is 0.350. The minimum atomic E-state index is -0.113. The predicted molar refractivity (Wildman–Crippen MR) is 106 cm³/mol. The van der Waals surface area contributed by atoms with E-state index in [0.29, 0.717) is 17.3 Å². The largest absolute Gasteiger partial charge is 0.493 e. The van der Waals surface area contributed by atoms with Gasteiger partial charge in [0.1, 0.15) is 17.0 Å². The van der Waals surface area contributed by atoms with Gasteiger partial charge in [0, 0.05) is 4.88 Å². The van der Waals surface area contributed by atoms with Gasteiger partial charge in [0.05, 0.1) is 26.0 Å². The maximum atomic E-state index is 12.6. The highest BCUT2D eigenvalue weighted by Gasteiger charge is 2.20. The van der Waals surface area contributed by atoms with Gasteiger partial charge in [0.25, 0.3) is 0 Å². The van der Waals surface area contributed by atoms with Crippen molar-refractivity contribution in [1.82, 2.24) is 9.97 Å². The van der Waals surface area contributed by atoms with Crippen LogP contribution in [0.15, 0.2) is 24.5 Å². The fourth-order valence-corrected chi connectivity index (χ4v) is 4.77. The lowest BCUT2D eigenvalue weighted by molar-refractivity contribution is -0.115. The molecule has 0 saturated carbocycles. The second-order valence-electron chi connectivity index (χ2n) is 6.53. The highest BCUT2D eigenvalue weighted by Crippen LogP contribution is 2.38. The highest BCUT2D eigenvalue weighted by atomic mass is 32.1. The lowest BCUT2D eigenvalue weighted by Crippen LogP contribution is -2.16. The van der Waals surface area contributed by atoms with Crippen LogP contribution in [0.25, 0.3) is 10.2 Å². The van der Waals surface area contributed by atoms with E-state index in [1.54, 1.807) is 31.6 Å². The van der Waals surface area contributed by atoms with Crippen molar-refractivity contribution in [1.29, 1.82) is 0 Å². The Hall–Kier alpha value is -2.67. The second kappa shape index (κ2) is 7.52. The first kappa shape index (κ1) is 17.7. The number of hydrogen-bond acceptors (Lipinski definition) is 6. The standard InChI is InChI=1S/C20H21N3O3S/c1-25-14-8-7-12(9-15(14)26-2)10-17(24)23-19-18-13-5-3-4-6-16(13)27-20(18)22-11-21-19/h7-9,11H,3-6,10H2,1-2H3,(H,21,22,23,24).